The molecule has 0 radical (unpaired) electrons. The van der Waals surface area contributed by atoms with Crippen molar-refractivity contribution < 1.29 is 14.0 Å². The molecule has 0 bridgehead atoms. The van der Waals surface area contributed by atoms with Crippen LogP contribution in [0.3, 0.4) is 0 Å². The molecule has 1 unspecified atom stereocenters. The van der Waals surface area contributed by atoms with Crippen molar-refractivity contribution in [3.8, 4) is 0 Å². The maximum Gasteiger partial charge on any atom is 0.243 e. The van der Waals surface area contributed by atoms with E-state index in [1.807, 2.05) is 0 Å². The predicted molar refractivity (Wildman–Crippen MR) is 71.5 cm³/mol. The van der Waals surface area contributed by atoms with Crippen LogP contribution in [0.25, 0.3) is 0 Å². The van der Waals surface area contributed by atoms with Crippen molar-refractivity contribution in [1.82, 2.24) is 10.2 Å². The Hall–Kier alpha value is -1.62. The van der Waals surface area contributed by atoms with E-state index in [1.165, 1.54) is 12.1 Å². The van der Waals surface area contributed by atoms with Crippen LogP contribution in [0.15, 0.2) is 18.2 Å². The minimum atomic E-state index is -0.419. The third kappa shape index (κ3) is 2.50. The molecule has 1 heterocycles. The molecule has 1 saturated heterocycles. The Bertz CT molecular complexity index is 574. The van der Waals surface area contributed by atoms with E-state index in [2.05, 4.69) is 5.32 Å². The quantitative estimate of drug-likeness (QED) is 0.923. The van der Waals surface area contributed by atoms with E-state index in [1.54, 1.807) is 11.0 Å². The summed E-state index contributed by atoms with van der Waals surface area (Å²) >= 11 is 6.00. The number of carbonyl (C=O) groups excluding carboxylic acids is 2. The summed E-state index contributed by atoms with van der Waals surface area (Å²) in [6.07, 6.45) is 1.91. The minimum Gasteiger partial charge on any atom is -0.345 e. The average molecular weight is 297 g/mol. The summed E-state index contributed by atoms with van der Waals surface area (Å²) in [5.41, 5.74) is 0.654. The monoisotopic (exact) mass is 296 g/mol. The topological polar surface area (TPSA) is 49.4 Å². The molecular formula is C14H14ClFN2O2. The molecule has 6 heteroatoms. The highest BCUT2D eigenvalue weighted by atomic mass is 35.5. The highest BCUT2D eigenvalue weighted by Crippen LogP contribution is 2.37. The Morgan fingerprint density at radius 3 is 2.75 bits per heavy atom. The lowest BCUT2D eigenvalue weighted by Gasteiger charge is -2.35. The molecule has 0 spiro atoms. The van der Waals surface area contributed by atoms with E-state index in [4.69, 9.17) is 11.6 Å². The second-order valence-corrected chi connectivity index (χ2v) is 5.66. The van der Waals surface area contributed by atoms with Crippen LogP contribution in [-0.2, 0) is 16.1 Å². The second-order valence-electron chi connectivity index (χ2n) is 5.26. The minimum absolute atomic E-state index is 0.0147. The first-order chi connectivity index (χ1) is 9.56. The molecule has 1 atom stereocenters. The van der Waals surface area contributed by atoms with Gasteiger partial charge in [-0.3, -0.25) is 9.59 Å². The van der Waals surface area contributed by atoms with Crippen LogP contribution in [0.4, 0.5) is 4.39 Å². The maximum atomic E-state index is 13.1. The Balaban J connectivity index is 1.85. The van der Waals surface area contributed by atoms with Gasteiger partial charge in [-0.25, -0.2) is 4.39 Å². The summed E-state index contributed by atoms with van der Waals surface area (Å²) in [7, 11) is 0. The number of rotatable bonds is 3. The van der Waals surface area contributed by atoms with Crippen molar-refractivity contribution in [3.63, 3.8) is 0 Å². The zero-order valence-electron chi connectivity index (χ0n) is 10.7. The summed E-state index contributed by atoms with van der Waals surface area (Å²) in [6.45, 7) is 0.257. The third-order valence-electron chi connectivity index (χ3n) is 3.76. The Morgan fingerprint density at radius 2 is 2.10 bits per heavy atom. The van der Waals surface area contributed by atoms with Gasteiger partial charge in [0.15, 0.2) is 0 Å². The Labute approximate surface area is 120 Å². The van der Waals surface area contributed by atoms with Gasteiger partial charge < -0.3 is 10.2 Å². The lowest BCUT2D eigenvalue weighted by Crippen LogP contribution is -2.58. The van der Waals surface area contributed by atoms with Gasteiger partial charge in [-0.15, -0.1) is 0 Å². The molecule has 4 nitrogen and oxygen atoms in total. The van der Waals surface area contributed by atoms with Gasteiger partial charge in [0.05, 0.1) is 6.54 Å². The normalized spacial score (nSPS) is 22.9. The van der Waals surface area contributed by atoms with Gasteiger partial charge in [0.2, 0.25) is 11.8 Å². The van der Waals surface area contributed by atoms with Crippen LogP contribution in [0.5, 0.6) is 0 Å². The zero-order chi connectivity index (χ0) is 14.3. The van der Waals surface area contributed by atoms with Gasteiger partial charge in [-0.1, -0.05) is 17.7 Å². The first-order valence-electron chi connectivity index (χ1n) is 6.57. The van der Waals surface area contributed by atoms with Crippen LogP contribution in [0.1, 0.15) is 18.4 Å². The molecule has 3 rings (SSSR count). The van der Waals surface area contributed by atoms with E-state index >= 15 is 0 Å². The number of piperazine rings is 1. The molecule has 2 aliphatic rings. The largest absolute Gasteiger partial charge is 0.345 e. The first kappa shape index (κ1) is 13.4. The van der Waals surface area contributed by atoms with Crippen LogP contribution in [-0.4, -0.2) is 29.3 Å². The lowest BCUT2D eigenvalue weighted by atomic mass is 10.1. The van der Waals surface area contributed by atoms with Crippen molar-refractivity contribution in [3.05, 3.63) is 34.6 Å². The van der Waals surface area contributed by atoms with Gasteiger partial charge in [0, 0.05) is 11.6 Å². The summed E-state index contributed by atoms with van der Waals surface area (Å²) in [4.78, 5) is 25.6. The fourth-order valence-corrected chi connectivity index (χ4v) is 2.79. The second kappa shape index (κ2) is 5.05. The van der Waals surface area contributed by atoms with Gasteiger partial charge in [-0.2, -0.15) is 0 Å². The van der Waals surface area contributed by atoms with Gasteiger partial charge in [0.1, 0.15) is 11.9 Å². The number of nitrogens with one attached hydrogen (secondary N) is 1. The van der Waals surface area contributed by atoms with E-state index in [-0.39, 0.29) is 35.8 Å². The molecule has 1 aromatic rings. The predicted octanol–water partition coefficient (Wildman–Crippen LogP) is 1.72. The van der Waals surface area contributed by atoms with Crippen molar-refractivity contribution in [1.29, 1.82) is 0 Å². The lowest BCUT2D eigenvalue weighted by molar-refractivity contribution is -0.147. The smallest absolute Gasteiger partial charge is 0.243 e. The molecule has 2 fully saturated rings. The van der Waals surface area contributed by atoms with Crippen LogP contribution in [0.2, 0.25) is 5.02 Å². The third-order valence-corrected chi connectivity index (χ3v) is 4.11. The molecule has 1 aromatic carbocycles. The van der Waals surface area contributed by atoms with Crippen molar-refractivity contribution in [2.45, 2.75) is 25.4 Å². The molecule has 20 heavy (non-hydrogen) atoms. The van der Waals surface area contributed by atoms with E-state index < -0.39 is 11.9 Å². The molecular weight excluding hydrogens is 283 g/mol. The van der Waals surface area contributed by atoms with Crippen LogP contribution < -0.4 is 5.32 Å². The van der Waals surface area contributed by atoms with Crippen LogP contribution >= 0.6 is 11.6 Å². The molecule has 0 aromatic heterocycles. The number of hydrogen-bond donors (Lipinski definition) is 1. The number of carbonyl (C=O) groups is 2. The highest BCUT2D eigenvalue weighted by Gasteiger charge is 2.44. The van der Waals surface area contributed by atoms with Crippen molar-refractivity contribution in [2.24, 2.45) is 5.92 Å². The number of halogens is 2. The van der Waals surface area contributed by atoms with Crippen molar-refractivity contribution in [2.75, 3.05) is 6.54 Å². The van der Waals surface area contributed by atoms with Gasteiger partial charge in [0.25, 0.3) is 0 Å². The first-order valence-corrected chi connectivity index (χ1v) is 6.95. The van der Waals surface area contributed by atoms with Crippen molar-refractivity contribution >= 4 is 23.4 Å². The standard InChI is InChI=1S/C14H14ClFN2O2/c15-11-5-10(16)4-3-9(11)7-18-12(19)6-17-14(20)13(18)8-1-2-8/h3-5,8,13H,1-2,6-7H2,(H,17,20). The average Bonchev–Trinajstić information content (AvgIpc) is 3.21. The summed E-state index contributed by atoms with van der Waals surface area (Å²) in [5, 5.41) is 2.90. The molecule has 1 aliphatic carbocycles. The molecule has 1 saturated carbocycles. The fraction of sp³-hybridized carbons (Fsp3) is 0.429. The Morgan fingerprint density at radius 1 is 1.35 bits per heavy atom. The van der Waals surface area contributed by atoms with E-state index in [9.17, 15) is 14.0 Å². The summed E-state index contributed by atoms with van der Waals surface area (Å²) in [6, 6.07) is 3.66. The summed E-state index contributed by atoms with van der Waals surface area (Å²) < 4.78 is 13.1. The van der Waals surface area contributed by atoms with E-state index in [0.29, 0.717) is 5.56 Å². The van der Waals surface area contributed by atoms with Gasteiger partial charge in [-0.05, 0) is 36.5 Å². The maximum absolute atomic E-state index is 13.1. The SMILES string of the molecule is O=C1NCC(=O)N(Cc2ccc(F)cc2Cl)C1C1CC1. The summed E-state index contributed by atoms with van der Waals surface area (Å²) in [5.74, 6) is -0.411. The highest BCUT2D eigenvalue weighted by molar-refractivity contribution is 6.31. The molecule has 1 aliphatic heterocycles. The fourth-order valence-electron chi connectivity index (χ4n) is 2.57. The number of nitrogens with zero attached hydrogens (tertiary/aromatic N) is 1. The zero-order valence-corrected chi connectivity index (χ0v) is 11.5. The number of benzene rings is 1. The Kier molecular flexibility index (Phi) is 3.38. The van der Waals surface area contributed by atoms with E-state index in [0.717, 1.165) is 12.8 Å². The number of hydrogen-bond acceptors (Lipinski definition) is 2. The number of amides is 2. The molecule has 106 valence electrons. The van der Waals surface area contributed by atoms with Gasteiger partial charge >= 0.3 is 0 Å². The molecule has 1 N–H and O–H groups in total. The molecule has 2 amide bonds. The van der Waals surface area contributed by atoms with Crippen LogP contribution in [0, 0.1) is 11.7 Å².